The molecule has 0 aliphatic carbocycles. The van der Waals surface area contributed by atoms with Gasteiger partial charge in [-0.3, -0.25) is 4.79 Å². The minimum Gasteiger partial charge on any atom is -0.308 e. The van der Waals surface area contributed by atoms with Gasteiger partial charge in [-0.05, 0) is 12.1 Å². The molecule has 2 rings (SSSR count). The van der Waals surface area contributed by atoms with Crippen molar-refractivity contribution in [3.63, 3.8) is 0 Å². The highest BCUT2D eigenvalue weighted by atomic mass is 32.3. The molecule has 0 radical (unpaired) electrons. The Labute approximate surface area is 101 Å². The Balaban J connectivity index is 2.36. The number of anilines is 1. The molecule has 18 heavy (non-hydrogen) atoms. The van der Waals surface area contributed by atoms with Crippen LogP contribution >= 0.6 is 0 Å². The summed E-state index contributed by atoms with van der Waals surface area (Å²) in [6, 6.07) is 3.17. The first-order valence-electron chi connectivity index (χ1n) is 4.98. The van der Waals surface area contributed by atoms with E-state index in [4.69, 9.17) is 0 Å². The van der Waals surface area contributed by atoms with Gasteiger partial charge in [-0.25, -0.2) is 8.78 Å². The van der Waals surface area contributed by atoms with E-state index in [0.717, 1.165) is 17.0 Å². The predicted octanol–water partition coefficient (Wildman–Crippen LogP) is 1.37. The molecule has 1 fully saturated rings. The number of carbonyl (C=O) groups excluding carboxylic acids is 1. The van der Waals surface area contributed by atoms with Crippen LogP contribution in [-0.4, -0.2) is 26.1 Å². The zero-order chi connectivity index (χ0) is 13.5. The van der Waals surface area contributed by atoms with E-state index in [0.29, 0.717) is 0 Å². The molecule has 1 atom stereocenters. The van der Waals surface area contributed by atoms with E-state index in [9.17, 15) is 25.9 Å². The number of carbonyl (C=O) groups is 1. The van der Waals surface area contributed by atoms with Crippen LogP contribution in [0.2, 0.25) is 0 Å². The molecule has 1 aliphatic rings. The van der Waals surface area contributed by atoms with E-state index < -0.39 is 46.0 Å². The summed E-state index contributed by atoms with van der Waals surface area (Å²) in [6.07, 6.45) is -0.575. The van der Waals surface area contributed by atoms with Crippen LogP contribution in [-0.2, 0) is 15.0 Å². The SMILES string of the molecule is O=C1CC(S(=O)(=O)F)CN1c1cccc(F)c1F. The van der Waals surface area contributed by atoms with Gasteiger partial charge >= 0.3 is 10.2 Å². The fourth-order valence-corrected chi connectivity index (χ4v) is 2.47. The summed E-state index contributed by atoms with van der Waals surface area (Å²) in [6.45, 7) is -0.516. The second-order valence-corrected chi connectivity index (χ2v) is 5.50. The molecule has 8 heteroatoms. The standard InChI is InChI=1S/C10H8F3NO3S/c11-7-2-1-3-8(10(7)12)14-5-6(4-9(14)15)18(13,16)17/h1-3,6H,4-5H2. The van der Waals surface area contributed by atoms with E-state index in [1.165, 1.54) is 6.07 Å². The highest BCUT2D eigenvalue weighted by molar-refractivity contribution is 7.87. The van der Waals surface area contributed by atoms with E-state index in [1.807, 2.05) is 0 Å². The molecule has 4 nitrogen and oxygen atoms in total. The maximum Gasteiger partial charge on any atom is 0.307 e. The monoisotopic (exact) mass is 279 g/mol. The number of hydrogen-bond donors (Lipinski definition) is 0. The van der Waals surface area contributed by atoms with Crippen molar-refractivity contribution in [2.75, 3.05) is 11.4 Å². The molecule has 0 spiro atoms. The zero-order valence-electron chi connectivity index (χ0n) is 8.94. The van der Waals surface area contributed by atoms with Gasteiger partial charge in [0, 0.05) is 13.0 Å². The Hall–Kier alpha value is -1.57. The Morgan fingerprint density at radius 2 is 1.94 bits per heavy atom. The lowest BCUT2D eigenvalue weighted by Crippen LogP contribution is -2.28. The van der Waals surface area contributed by atoms with Gasteiger partial charge in [0.15, 0.2) is 11.6 Å². The van der Waals surface area contributed by atoms with Crippen LogP contribution < -0.4 is 4.90 Å². The molecular formula is C10H8F3NO3S. The van der Waals surface area contributed by atoms with Crippen LogP contribution in [0.1, 0.15) is 6.42 Å². The molecule has 1 saturated heterocycles. The smallest absolute Gasteiger partial charge is 0.307 e. The number of hydrogen-bond acceptors (Lipinski definition) is 3. The summed E-state index contributed by atoms with van der Waals surface area (Å²) in [5.74, 6) is -3.18. The van der Waals surface area contributed by atoms with Crippen LogP contribution in [0.15, 0.2) is 18.2 Å². The Bertz CT molecular complexity index is 602. The summed E-state index contributed by atoms with van der Waals surface area (Å²) in [4.78, 5) is 12.2. The minimum absolute atomic E-state index is 0.383. The van der Waals surface area contributed by atoms with Crippen molar-refractivity contribution < 1.29 is 25.9 Å². The van der Waals surface area contributed by atoms with Crippen molar-refractivity contribution in [2.24, 2.45) is 0 Å². The zero-order valence-corrected chi connectivity index (χ0v) is 9.75. The van der Waals surface area contributed by atoms with E-state index in [1.54, 1.807) is 0 Å². The second-order valence-electron chi connectivity index (χ2n) is 3.88. The van der Waals surface area contributed by atoms with Crippen LogP contribution in [0, 0.1) is 11.6 Å². The molecule has 0 aromatic heterocycles. The number of amides is 1. The van der Waals surface area contributed by atoms with Crippen LogP contribution in [0.5, 0.6) is 0 Å². The summed E-state index contributed by atoms with van der Waals surface area (Å²) >= 11 is 0. The van der Waals surface area contributed by atoms with Gasteiger partial charge in [-0.2, -0.15) is 8.42 Å². The molecule has 1 unspecified atom stereocenters. The molecule has 98 valence electrons. The molecule has 1 aromatic carbocycles. The second kappa shape index (κ2) is 4.27. The first-order chi connectivity index (χ1) is 8.30. The molecule has 1 heterocycles. The normalized spacial score (nSPS) is 20.5. The maximum absolute atomic E-state index is 13.4. The topological polar surface area (TPSA) is 54.5 Å². The third-order valence-electron chi connectivity index (χ3n) is 2.71. The summed E-state index contributed by atoms with van der Waals surface area (Å²) in [7, 11) is -4.88. The molecule has 1 aromatic rings. The van der Waals surface area contributed by atoms with Crippen molar-refractivity contribution in [1.82, 2.24) is 0 Å². The van der Waals surface area contributed by atoms with Gasteiger partial charge in [-0.1, -0.05) is 6.07 Å². The van der Waals surface area contributed by atoms with Crippen molar-refractivity contribution >= 4 is 21.8 Å². The van der Waals surface area contributed by atoms with Gasteiger partial charge in [0.05, 0.1) is 5.69 Å². The Kier molecular flexibility index (Phi) is 3.05. The predicted molar refractivity (Wildman–Crippen MR) is 57.1 cm³/mol. The molecule has 0 N–H and O–H groups in total. The average Bonchev–Trinajstić information content (AvgIpc) is 2.64. The highest BCUT2D eigenvalue weighted by Crippen LogP contribution is 2.28. The molecule has 0 saturated carbocycles. The lowest BCUT2D eigenvalue weighted by atomic mass is 10.2. The fourth-order valence-electron chi connectivity index (χ4n) is 1.80. The minimum atomic E-state index is -4.88. The van der Waals surface area contributed by atoms with E-state index >= 15 is 0 Å². The van der Waals surface area contributed by atoms with Crippen molar-refractivity contribution in [3.05, 3.63) is 29.8 Å². The van der Waals surface area contributed by atoms with Gasteiger partial charge < -0.3 is 4.90 Å². The summed E-state index contributed by atoms with van der Waals surface area (Å²) < 4.78 is 60.6. The van der Waals surface area contributed by atoms with Gasteiger partial charge in [0.25, 0.3) is 0 Å². The highest BCUT2D eigenvalue weighted by Gasteiger charge is 2.40. The van der Waals surface area contributed by atoms with Crippen LogP contribution in [0.4, 0.5) is 18.4 Å². The number of rotatable bonds is 2. The largest absolute Gasteiger partial charge is 0.308 e. The lowest BCUT2D eigenvalue weighted by Gasteiger charge is -2.16. The molecule has 0 bridgehead atoms. The van der Waals surface area contributed by atoms with E-state index in [-0.39, 0.29) is 5.69 Å². The Morgan fingerprint density at radius 1 is 1.28 bits per heavy atom. The first-order valence-corrected chi connectivity index (χ1v) is 6.43. The first kappa shape index (κ1) is 12.9. The Morgan fingerprint density at radius 3 is 2.50 bits per heavy atom. The third-order valence-corrected chi connectivity index (χ3v) is 3.82. The van der Waals surface area contributed by atoms with Gasteiger partial charge in [-0.15, -0.1) is 3.89 Å². The quantitative estimate of drug-likeness (QED) is 0.768. The number of halogens is 3. The summed E-state index contributed by atoms with van der Waals surface area (Å²) in [5, 5.41) is -1.53. The molecular weight excluding hydrogens is 271 g/mol. The average molecular weight is 279 g/mol. The van der Waals surface area contributed by atoms with Crippen molar-refractivity contribution in [3.8, 4) is 0 Å². The third kappa shape index (κ3) is 2.20. The lowest BCUT2D eigenvalue weighted by molar-refractivity contribution is -0.117. The van der Waals surface area contributed by atoms with Crippen LogP contribution in [0.3, 0.4) is 0 Å². The number of nitrogens with zero attached hydrogens (tertiary/aromatic N) is 1. The fraction of sp³-hybridized carbons (Fsp3) is 0.300. The van der Waals surface area contributed by atoms with Gasteiger partial charge in [0.2, 0.25) is 5.91 Å². The van der Waals surface area contributed by atoms with Crippen molar-refractivity contribution in [2.45, 2.75) is 11.7 Å². The van der Waals surface area contributed by atoms with E-state index in [2.05, 4.69) is 0 Å². The summed E-state index contributed by atoms with van der Waals surface area (Å²) in [5.41, 5.74) is -0.383. The van der Waals surface area contributed by atoms with Crippen molar-refractivity contribution in [1.29, 1.82) is 0 Å². The maximum atomic E-state index is 13.4. The molecule has 1 amide bonds. The van der Waals surface area contributed by atoms with Crippen LogP contribution in [0.25, 0.3) is 0 Å². The number of benzene rings is 1. The molecule has 1 aliphatic heterocycles. The van der Waals surface area contributed by atoms with Gasteiger partial charge in [0.1, 0.15) is 5.25 Å².